The molecule has 2 saturated heterocycles. The van der Waals surface area contributed by atoms with Crippen LogP contribution in [0.5, 0.6) is 23.0 Å². The molecule has 6 atom stereocenters. The number of allylic oxidation sites excluding steroid dienone is 1. The van der Waals surface area contributed by atoms with Crippen molar-refractivity contribution in [3.05, 3.63) is 66.4 Å². The fraction of sp³-hybridized carbons (Fsp3) is 0.452. The molecule has 0 bridgehead atoms. The van der Waals surface area contributed by atoms with Crippen LogP contribution in [-0.2, 0) is 6.54 Å². The number of ether oxygens (including phenoxy) is 4. The fourth-order valence-corrected chi connectivity index (χ4v) is 8.07. The Hall–Kier alpha value is -3.29. The van der Waals surface area contributed by atoms with Crippen LogP contribution in [0.1, 0.15) is 36.5 Å². The van der Waals surface area contributed by atoms with E-state index < -0.39 is 6.10 Å². The summed E-state index contributed by atoms with van der Waals surface area (Å²) in [5, 5.41) is 13.1. The summed E-state index contributed by atoms with van der Waals surface area (Å²) in [7, 11) is 6.60. The lowest BCUT2D eigenvalue weighted by atomic mass is 9.54. The van der Waals surface area contributed by atoms with E-state index in [4.69, 9.17) is 18.9 Å². The molecule has 0 radical (unpaired) electrons. The number of aromatic nitrogens is 1. The lowest BCUT2D eigenvalue weighted by Crippen LogP contribution is -2.79. The molecule has 2 aliphatic heterocycles. The van der Waals surface area contributed by atoms with Crippen LogP contribution >= 0.6 is 0 Å². The van der Waals surface area contributed by atoms with Gasteiger partial charge in [0.05, 0.1) is 46.9 Å². The average molecular weight is 518 g/mol. The van der Waals surface area contributed by atoms with Crippen LogP contribution in [0.25, 0.3) is 10.9 Å². The number of aliphatic hydroxyl groups is 1. The predicted octanol–water partition coefficient (Wildman–Crippen LogP) is 5.06. The van der Waals surface area contributed by atoms with Crippen molar-refractivity contribution < 1.29 is 28.5 Å². The zero-order valence-corrected chi connectivity index (χ0v) is 22.6. The van der Waals surface area contributed by atoms with Crippen LogP contribution < -0.4 is 18.9 Å². The summed E-state index contributed by atoms with van der Waals surface area (Å²) in [6.45, 7) is 5.97. The molecule has 3 aromatic rings. The summed E-state index contributed by atoms with van der Waals surface area (Å²) in [4.78, 5) is 4.56. The second-order valence-corrected chi connectivity index (χ2v) is 11.0. The Labute approximate surface area is 224 Å². The largest absolute Gasteiger partial charge is 0.497 e. The first-order valence-electron chi connectivity index (χ1n) is 13.3. The number of quaternary nitrogens is 1. The number of benzene rings is 2. The van der Waals surface area contributed by atoms with Crippen LogP contribution in [0.2, 0.25) is 0 Å². The molecule has 1 aliphatic carbocycles. The zero-order valence-electron chi connectivity index (χ0n) is 22.6. The van der Waals surface area contributed by atoms with E-state index in [2.05, 4.69) is 29.8 Å². The molecule has 2 aromatic carbocycles. The highest BCUT2D eigenvalue weighted by molar-refractivity contribution is 5.84. The number of methoxy groups -OCH3 is 4. The number of hydrogen-bond donors (Lipinski definition) is 1. The third-order valence-electron chi connectivity index (χ3n) is 9.91. The molecule has 3 heterocycles. The molecule has 1 aromatic heterocycles. The minimum atomic E-state index is -0.636. The molecular weight excluding hydrogens is 480 g/mol. The van der Waals surface area contributed by atoms with Gasteiger partial charge in [0.15, 0.2) is 11.5 Å². The minimum Gasteiger partial charge on any atom is -0.497 e. The Bertz CT molecular complexity index is 1370. The van der Waals surface area contributed by atoms with Crippen LogP contribution in [0.4, 0.5) is 0 Å². The van der Waals surface area contributed by atoms with E-state index in [0.717, 1.165) is 58.2 Å². The highest BCUT2D eigenvalue weighted by Crippen LogP contribution is 2.69. The van der Waals surface area contributed by atoms with Gasteiger partial charge in [0.25, 0.3) is 0 Å². The summed E-state index contributed by atoms with van der Waals surface area (Å²) in [5.74, 6) is 3.70. The Kier molecular flexibility index (Phi) is 6.04. The van der Waals surface area contributed by atoms with Gasteiger partial charge in [-0.2, -0.15) is 0 Å². The molecule has 38 heavy (non-hydrogen) atoms. The minimum absolute atomic E-state index is 0.0505. The molecular formula is C31H37N2O5+. The van der Waals surface area contributed by atoms with Gasteiger partial charge in [0.2, 0.25) is 5.75 Å². The number of fused-ring (bicyclic) bond motifs is 1. The summed E-state index contributed by atoms with van der Waals surface area (Å²) >= 11 is 0. The van der Waals surface area contributed by atoms with Gasteiger partial charge in [-0.15, -0.1) is 6.58 Å². The molecule has 1 N–H and O–H groups in total. The number of rotatable bonds is 9. The molecule has 3 aliphatic rings. The molecule has 0 amide bonds. The van der Waals surface area contributed by atoms with Gasteiger partial charge in [0.1, 0.15) is 30.0 Å². The second-order valence-electron chi connectivity index (χ2n) is 11.0. The lowest BCUT2D eigenvalue weighted by molar-refractivity contribution is -1.05. The van der Waals surface area contributed by atoms with Gasteiger partial charge >= 0.3 is 0 Å². The van der Waals surface area contributed by atoms with Crippen molar-refractivity contribution >= 4 is 10.9 Å². The third-order valence-corrected chi connectivity index (χ3v) is 9.91. The zero-order chi connectivity index (χ0) is 26.7. The Balaban J connectivity index is 1.44. The monoisotopic (exact) mass is 517 g/mol. The van der Waals surface area contributed by atoms with Crippen molar-refractivity contribution in [2.75, 3.05) is 35.0 Å². The molecule has 6 rings (SSSR count). The van der Waals surface area contributed by atoms with Crippen molar-refractivity contribution in [3.63, 3.8) is 0 Å². The molecule has 1 spiro atoms. The number of nitrogens with zero attached hydrogens (tertiary/aromatic N) is 2. The highest BCUT2D eigenvalue weighted by atomic mass is 16.5. The topological polar surface area (TPSA) is 70.0 Å². The third kappa shape index (κ3) is 3.31. The van der Waals surface area contributed by atoms with Crippen LogP contribution in [0, 0.1) is 11.8 Å². The Morgan fingerprint density at radius 2 is 1.84 bits per heavy atom. The van der Waals surface area contributed by atoms with Crippen molar-refractivity contribution in [1.29, 1.82) is 0 Å². The van der Waals surface area contributed by atoms with E-state index in [-0.39, 0.29) is 11.6 Å². The van der Waals surface area contributed by atoms with E-state index >= 15 is 0 Å². The first-order chi connectivity index (χ1) is 18.4. The number of aliphatic hydroxyl groups excluding tert-OH is 1. The van der Waals surface area contributed by atoms with Gasteiger partial charge in [-0.3, -0.25) is 4.98 Å². The number of hydrogen-bond acceptors (Lipinski definition) is 6. The maximum absolute atomic E-state index is 12.2. The van der Waals surface area contributed by atoms with Crippen molar-refractivity contribution in [2.45, 2.75) is 43.5 Å². The second kappa shape index (κ2) is 9.17. The lowest BCUT2D eigenvalue weighted by Gasteiger charge is -2.67. The van der Waals surface area contributed by atoms with Gasteiger partial charge in [0, 0.05) is 35.9 Å². The summed E-state index contributed by atoms with van der Waals surface area (Å²) in [6, 6.07) is 12.0. The van der Waals surface area contributed by atoms with Gasteiger partial charge in [-0.25, -0.2) is 0 Å². The summed E-state index contributed by atoms with van der Waals surface area (Å²) < 4.78 is 23.3. The molecule has 3 fully saturated rings. The average Bonchev–Trinajstić information content (AvgIpc) is 3.07. The van der Waals surface area contributed by atoms with Crippen LogP contribution in [0.3, 0.4) is 0 Å². The summed E-state index contributed by atoms with van der Waals surface area (Å²) in [6.07, 6.45) is 6.57. The van der Waals surface area contributed by atoms with Gasteiger partial charge in [-0.1, -0.05) is 6.08 Å². The highest BCUT2D eigenvalue weighted by Gasteiger charge is 2.78. The predicted molar refractivity (Wildman–Crippen MR) is 146 cm³/mol. The van der Waals surface area contributed by atoms with Gasteiger partial charge in [-0.05, 0) is 47.9 Å². The molecule has 7 nitrogen and oxygen atoms in total. The number of pyridine rings is 1. The quantitative estimate of drug-likeness (QED) is 0.316. The molecule has 1 saturated carbocycles. The van der Waals surface area contributed by atoms with Gasteiger partial charge < -0.3 is 28.5 Å². The Morgan fingerprint density at radius 1 is 1.08 bits per heavy atom. The van der Waals surface area contributed by atoms with E-state index in [9.17, 15) is 5.11 Å². The summed E-state index contributed by atoms with van der Waals surface area (Å²) in [5.41, 5.74) is 3.08. The van der Waals surface area contributed by atoms with E-state index in [0.29, 0.717) is 29.1 Å². The normalized spacial score (nSPS) is 29.9. The first-order valence-corrected chi connectivity index (χ1v) is 13.3. The van der Waals surface area contributed by atoms with Crippen molar-refractivity contribution in [2.24, 2.45) is 11.8 Å². The SMILES string of the molecule is C=CC1CC23CC[N+]2(Cc2cc(OC)c(OC)c(OC)c2)C([C@H](O)c2ccnc4ccc(OC)cc24)CC13. The smallest absolute Gasteiger partial charge is 0.203 e. The van der Waals surface area contributed by atoms with E-state index in [1.807, 2.05) is 24.3 Å². The molecule has 7 heteroatoms. The van der Waals surface area contributed by atoms with Crippen LogP contribution in [0.15, 0.2) is 55.3 Å². The van der Waals surface area contributed by atoms with Crippen molar-refractivity contribution in [3.8, 4) is 23.0 Å². The maximum Gasteiger partial charge on any atom is 0.203 e. The van der Waals surface area contributed by atoms with Crippen molar-refractivity contribution in [1.82, 2.24) is 4.98 Å². The molecule has 5 unspecified atom stereocenters. The first kappa shape index (κ1) is 25.0. The maximum atomic E-state index is 12.2. The standard InChI is InChI=1S/C31H37N2O5/c1-6-20-17-31-10-12-33(31,18-19-13-27(36-3)30(38-5)28(14-19)37-4)26(16-24(20)31)29(34)22-9-11-32-25-8-7-21(35-2)15-23(22)25/h6-9,11,13-15,20,24,26,29,34H,1,10,12,16-18H2,2-5H3/q+1/t20?,24?,26?,29-,31?,33?/m1/s1. The Morgan fingerprint density at radius 3 is 2.45 bits per heavy atom. The van der Waals surface area contributed by atoms with Crippen LogP contribution in [-0.4, -0.2) is 61.1 Å². The van der Waals surface area contributed by atoms with E-state index in [1.165, 1.54) is 6.42 Å². The van der Waals surface area contributed by atoms with E-state index in [1.54, 1.807) is 34.6 Å². The fourth-order valence-electron chi connectivity index (χ4n) is 8.07. The molecule has 200 valence electrons.